The van der Waals surface area contributed by atoms with E-state index in [9.17, 15) is 0 Å². The topological polar surface area (TPSA) is 21.6 Å². The van der Waals surface area contributed by atoms with Gasteiger partial charge in [-0.2, -0.15) is 0 Å². The third-order valence-electron chi connectivity index (χ3n) is 3.14. The summed E-state index contributed by atoms with van der Waals surface area (Å²) in [4.78, 5) is 4.62. The molecular weight excluding hydrogens is 326 g/mol. The number of aliphatic imine (C=N–C) groups is 1. The summed E-state index contributed by atoms with van der Waals surface area (Å²) in [5.41, 5.74) is 4.36. The van der Waals surface area contributed by atoms with Crippen LogP contribution >= 0.6 is 15.9 Å². The predicted molar refractivity (Wildman–Crippen MR) is 93.1 cm³/mol. The molecule has 2 nitrogen and oxygen atoms in total. The summed E-state index contributed by atoms with van der Waals surface area (Å²) >= 11 is 3.50. The molecule has 0 radical (unpaired) electrons. The van der Waals surface area contributed by atoms with Crippen LogP contribution in [0.25, 0.3) is 0 Å². The van der Waals surface area contributed by atoms with Crippen LogP contribution in [0.4, 0.5) is 5.69 Å². The van der Waals surface area contributed by atoms with Crippen molar-refractivity contribution in [2.45, 2.75) is 27.2 Å². The van der Waals surface area contributed by atoms with E-state index < -0.39 is 0 Å². The molecule has 0 saturated heterocycles. The van der Waals surface area contributed by atoms with Gasteiger partial charge in [0, 0.05) is 16.3 Å². The molecule has 0 aliphatic heterocycles. The summed E-state index contributed by atoms with van der Waals surface area (Å²) < 4.78 is 6.79. The van der Waals surface area contributed by atoms with Crippen LogP contribution in [0, 0.1) is 13.8 Å². The first kappa shape index (κ1) is 15.8. The lowest BCUT2D eigenvalue weighted by Crippen LogP contribution is -1.98. The maximum absolute atomic E-state index is 5.77. The van der Waals surface area contributed by atoms with Crippen LogP contribution in [0.15, 0.2) is 45.9 Å². The molecule has 21 heavy (non-hydrogen) atoms. The molecule has 0 aliphatic rings. The number of halogens is 1. The van der Waals surface area contributed by atoms with Gasteiger partial charge >= 0.3 is 0 Å². The fourth-order valence-electron chi connectivity index (χ4n) is 1.96. The standard InChI is InChI=1S/C18H20BrNO/c1-4-9-21-18-8-7-16(19)11-15(18)12-20-17-10-13(2)5-6-14(17)3/h5-8,10-12H,4,9H2,1-3H3. The maximum Gasteiger partial charge on any atom is 0.128 e. The van der Waals surface area contributed by atoms with E-state index in [0.717, 1.165) is 27.9 Å². The van der Waals surface area contributed by atoms with E-state index in [2.05, 4.69) is 59.9 Å². The van der Waals surface area contributed by atoms with Gasteiger partial charge in [0.2, 0.25) is 0 Å². The molecule has 0 heterocycles. The molecule has 0 saturated carbocycles. The fraction of sp³-hybridized carbons (Fsp3) is 0.278. The molecule has 0 unspecified atom stereocenters. The summed E-state index contributed by atoms with van der Waals surface area (Å²) in [6, 6.07) is 12.3. The summed E-state index contributed by atoms with van der Waals surface area (Å²) in [5.74, 6) is 0.870. The number of hydrogen-bond acceptors (Lipinski definition) is 2. The van der Waals surface area contributed by atoms with Gasteiger partial charge in [0.25, 0.3) is 0 Å². The number of aryl methyl sites for hydroxylation is 2. The molecule has 110 valence electrons. The van der Waals surface area contributed by atoms with Crippen molar-refractivity contribution in [2.75, 3.05) is 6.61 Å². The van der Waals surface area contributed by atoms with Gasteiger partial charge in [-0.25, -0.2) is 0 Å². The van der Waals surface area contributed by atoms with Gasteiger partial charge in [0.15, 0.2) is 0 Å². The van der Waals surface area contributed by atoms with E-state index in [1.54, 1.807) is 0 Å². The molecule has 2 aromatic rings. The van der Waals surface area contributed by atoms with Crippen LogP contribution in [0.3, 0.4) is 0 Å². The van der Waals surface area contributed by atoms with Gasteiger partial charge in [-0.15, -0.1) is 0 Å². The van der Waals surface area contributed by atoms with Crippen molar-refractivity contribution in [1.29, 1.82) is 0 Å². The van der Waals surface area contributed by atoms with Crippen molar-refractivity contribution in [3.63, 3.8) is 0 Å². The Morgan fingerprint density at radius 3 is 2.71 bits per heavy atom. The van der Waals surface area contributed by atoms with Crippen LogP contribution in [-0.4, -0.2) is 12.8 Å². The normalized spacial score (nSPS) is 11.0. The van der Waals surface area contributed by atoms with E-state index in [0.29, 0.717) is 6.61 Å². The first-order valence-corrected chi connectivity index (χ1v) is 7.93. The summed E-state index contributed by atoms with van der Waals surface area (Å²) in [6.45, 7) is 6.96. The van der Waals surface area contributed by atoms with Crippen LogP contribution in [0.2, 0.25) is 0 Å². The Morgan fingerprint density at radius 2 is 1.95 bits per heavy atom. The highest BCUT2D eigenvalue weighted by molar-refractivity contribution is 9.10. The minimum absolute atomic E-state index is 0.714. The maximum atomic E-state index is 5.77. The Bertz CT molecular complexity index is 650. The Labute approximate surface area is 135 Å². The average molecular weight is 346 g/mol. The largest absolute Gasteiger partial charge is 0.493 e. The third kappa shape index (κ3) is 4.43. The average Bonchev–Trinajstić information content (AvgIpc) is 2.47. The van der Waals surface area contributed by atoms with E-state index in [1.807, 2.05) is 24.4 Å². The van der Waals surface area contributed by atoms with Gasteiger partial charge in [0.05, 0.1) is 12.3 Å². The first-order valence-electron chi connectivity index (χ1n) is 7.14. The SMILES string of the molecule is CCCOc1ccc(Br)cc1C=Nc1cc(C)ccc1C. The monoisotopic (exact) mass is 345 g/mol. The number of benzene rings is 2. The highest BCUT2D eigenvalue weighted by atomic mass is 79.9. The zero-order chi connectivity index (χ0) is 15.2. The van der Waals surface area contributed by atoms with Gasteiger partial charge in [-0.05, 0) is 55.7 Å². The van der Waals surface area contributed by atoms with Gasteiger partial charge in [-0.3, -0.25) is 4.99 Å². The van der Waals surface area contributed by atoms with Crippen LogP contribution in [0.5, 0.6) is 5.75 Å². The molecule has 0 atom stereocenters. The molecule has 2 rings (SSSR count). The lowest BCUT2D eigenvalue weighted by molar-refractivity contribution is 0.317. The van der Waals surface area contributed by atoms with Crippen molar-refractivity contribution in [2.24, 2.45) is 4.99 Å². The lowest BCUT2D eigenvalue weighted by Gasteiger charge is -2.08. The Morgan fingerprint density at radius 1 is 1.14 bits per heavy atom. The molecule has 0 bridgehead atoms. The summed E-state index contributed by atoms with van der Waals surface area (Å²) in [6.07, 6.45) is 2.86. The van der Waals surface area contributed by atoms with Crippen molar-refractivity contribution in [3.8, 4) is 5.75 Å². The number of hydrogen-bond donors (Lipinski definition) is 0. The minimum Gasteiger partial charge on any atom is -0.493 e. The lowest BCUT2D eigenvalue weighted by atomic mass is 10.1. The number of nitrogens with zero attached hydrogens (tertiary/aromatic N) is 1. The summed E-state index contributed by atoms with van der Waals surface area (Å²) in [5, 5.41) is 0. The predicted octanol–water partition coefficient (Wildman–Crippen LogP) is 5.61. The summed E-state index contributed by atoms with van der Waals surface area (Å²) in [7, 11) is 0. The van der Waals surface area contributed by atoms with Crippen molar-refractivity contribution in [1.82, 2.24) is 0 Å². The molecule has 3 heteroatoms. The zero-order valence-electron chi connectivity index (χ0n) is 12.7. The van der Waals surface area contributed by atoms with Gasteiger partial charge < -0.3 is 4.74 Å². The van der Waals surface area contributed by atoms with Crippen LogP contribution in [0.1, 0.15) is 30.0 Å². The second-order valence-electron chi connectivity index (χ2n) is 5.08. The van der Waals surface area contributed by atoms with E-state index in [1.165, 1.54) is 11.1 Å². The smallest absolute Gasteiger partial charge is 0.128 e. The van der Waals surface area contributed by atoms with E-state index in [-0.39, 0.29) is 0 Å². The number of ether oxygens (including phenoxy) is 1. The highest BCUT2D eigenvalue weighted by Gasteiger charge is 2.03. The molecule has 0 N–H and O–H groups in total. The van der Waals surface area contributed by atoms with E-state index in [4.69, 9.17) is 4.74 Å². The Kier molecular flexibility index (Phi) is 5.57. The van der Waals surface area contributed by atoms with Gasteiger partial charge in [0.1, 0.15) is 5.75 Å². The molecule has 2 aromatic carbocycles. The van der Waals surface area contributed by atoms with Gasteiger partial charge in [-0.1, -0.05) is 35.0 Å². The van der Waals surface area contributed by atoms with Crippen LogP contribution in [-0.2, 0) is 0 Å². The zero-order valence-corrected chi connectivity index (χ0v) is 14.3. The number of rotatable bonds is 5. The van der Waals surface area contributed by atoms with Crippen LogP contribution < -0.4 is 4.74 Å². The molecule has 0 spiro atoms. The van der Waals surface area contributed by atoms with E-state index >= 15 is 0 Å². The Balaban J connectivity index is 2.31. The highest BCUT2D eigenvalue weighted by Crippen LogP contribution is 2.24. The second kappa shape index (κ2) is 7.41. The Hall–Kier alpha value is -1.61. The third-order valence-corrected chi connectivity index (χ3v) is 3.63. The molecule has 0 amide bonds. The molecule has 0 fully saturated rings. The van der Waals surface area contributed by atoms with Crippen molar-refractivity contribution < 1.29 is 4.74 Å². The minimum atomic E-state index is 0.714. The fourth-order valence-corrected chi connectivity index (χ4v) is 2.34. The molecule has 0 aliphatic carbocycles. The quantitative estimate of drug-likeness (QED) is 0.645. The first-order chi connectivity index (χ1) is 10.1. The molecule has 0 aromatic heterocycles. The second-order valence-corrected chi connectivity index (χ2v) is 5.99. The molecular formula is C18H20BrNO. The van der Waals surface area contributed by atoms with Crippen molar-refractivity contribution >= 4 is 27.8 Å². The van der Waals surface area contributed by atoms with Crippen molar-refractivity contribution in [3.05, 3.63) is 57.6 Å².